The van der Waals surface area contributed by atoms with Crippen LogP contribution in [0.5, 0.6) is 0 Å². The maximum atomic E-state index is 11.6. The highest BCUT2D eigenvalue weighted by Crippen LogP contribution is 2.40. The van der Waals surface area contributed by atoms with E-state index in [9.17, 15) is 5.11 Å². The molecule has 0 heterocycles. The van der Waals surface area contributed by atoms with Gasteiger partial charge in [0.25, 0.3) is 0 Å². The number of rotatable bonds is 1. The van der Waals surface area contributed by atoms with E-state index in [4.69, 9.17) is 4.74 Å². The number of methoxy groups -OCH3 is 1. The van der Waals surface area contributed by atoms with Crippen molar-refractivity contribution in [1.29, 1.82) is 0 Å². The predicted molar refractivity (Wildman–Crippen MR) is 49.3 cm³/mol. The normalized spacial score (nSPS) is 45.7. The largest absolute Gasteiger partial charge is 0.850 e. The molecular weight excluding hydrogens is 164 g/mol. The number of hydrogen-bond acceptors (Lipinski definition) is 2. The molecule has 0 N–H and O–H groups in total. The van der Waals surface area contributed by atoms with E-state index in [1.807, 2.05) is 0 Å². The first-order valence-electron chi connectivity index (χ1n) is 5.50. The maximum absolute atomic E-state index is 11.6. The van der Waals surface area contributed by atoms with Gasteiger partial charge in [0.05, 0.1) is 0 Å². The molecule has 2 rings (SSSR count). The van der Waals surface area contributed by atoms with E-state index in [0.717, 1.165) is 24.7 Å². The molecule has 0 saturated heterocycles. The summed E-state index contributed by atoms with van der Waals surface area (Å²) in [5, 5.41) is 11.6. The highest BCUT2D eigenvalue weighted by atomic mass is 16.5. The first-order chi connectivity index (χ1) is 6.31. The van der Waals surface area contributed by atoms with Crippen molar-refractivity contribution in [3.63, 3.8) is 0 Å². The van der Waals surface area contributed by atoms with Crippen molar-refractivity contribution in [2.45, 2.75) is 50.7 Å². The topological polar surface area (TPSA) is 32.3 Å². The van der Waals surface area contributed by atoms with Gasteiger partial charge in [0.2, 0.25) is 0 Å². The Balaban J connectivity index is 1.97. The van der Waals surface area contributed by atoms with Crippen LogP contribution in [0.2, 0.25) is 0 Å². The first-order valence-corrected chi connectivity index (χ1v) is 5.50. The average Bonchev–Trinajstić information content (AvgIpc) is 2.17. The Morgan fingerprint density at radius 2 is 1.69 bits per heavy atom. The molecule has 2 nitrogen and oxygen atoms in total. The van der Waals surface area contributed by atoms with Crippen LogP contribution >= 0.6 is 0 Å². The summed E-state index contributed by atoms with van der Waals surface area (Å²) in [6, 6.07) is 0. The number of hydrogen-bond donors (Lipinski definition) is 0. The van der Waals surface area contributed by atoms with E-state index < -0.39 is 6.10 Å². The Bertz CT molecular complexity index is 169. The molecule has 0 aromatic rings. The quantitative estimate of drug-likeness (QED) is 0.614. The molecule has 2 heteroatoms. The monoisotopic (exact) mass is 183 g/mol. The summed E-state index contributed by atoms with van der Waals surface area (Å²) < 4.78 is 5.24. The van der Waals surface area contributed by atoms with Crippen LogP contribution in [0.15, 0.2) is 0 Å². The van der Waals surface area contributed by atoms with Gasteiger partial charge in [-0.05, 0) is 18.3 Å². The lowest BCUT2D eigenvalue weighted by atomic mass is 9.69. The van der Waals surface area contributed by atoms with Gasteiger partial charge >= 0.3 is 0 Å². The van der Waals surface area contributed by atoms with Crippen molar-refractivity contribution in [3.05, 3.63) is 0 Å². The Morgan fingerprint density at radius 3 is 2.31 bits per heavy atom. The summed E-state index contributed by atoms with van der Waals surface area (Å²) in [6.45, 7) is 0. The second kappa shape index (κ2) is 3.97. The van der Waals surface area contributed by atoms with E-state index in [1.165, 1.54) is 25.7 Å². The SMILES string of the molecule is COC1CC2CCCCC2CC1[O-]. The zero-order chi connectivity index (χ0) is 9.26. The minimum Gasteiger partial charge on any atom is -0.850 e. The molecule has 4 unspecified atom stereocenters. The minimum atomic E-state index is -0.454. The highest BCUT2D eigenvalue weighted by Gasteiger charge is 2.33. The molecule has 13 heavy (non-hydrogen) atoms. The molecule has 2 saturated carbocycles. The second-order valence-electron chi connectivity index (χ2n) is 4.59. The fraction of sp³-hybridized carbons (Fsp3) is 1.00. The van der Waals surface area contributed by atoms with Crippen LogP contribution in [0, 0.1) is 11.8 Å². The van der Waals surface area contributed by atoms with Crippen LogP contribution in [0.1, 0.15) is 38.5 Å². The van der Waals surface area contributed by atoms with Crippen LogP contribution in [0.25, 0.3) is 0 Å². The molecule has 0 bridgehead atoms. The Hall–Kier alpha value is -0.0800. The smallest absolute Gasteiger partial charge is 0.0450 e. The molecule has 0 aromatic heterocycles. The predicted octanol–water partition coefficient (Wildman–Crippen LogP) is 1.33. The Morgan fingerprint density at radius 1 is 1.08 bits per heavy atom. The van der Waals surface area contributed by atoms with Crippen LogP contribution in [-0.2, 0) is 4.74 Å². The Kier molecular flexibility index (Phi) is 2.89. The maximum Gasteiger partial charge on any atom is 0.0450 e. The average molecular weight is 183 g/mol. The van der Waals surface area contributed by atoms with E-state index in [1.54, 1.807) is 7.11 Å². The summed E-state index contributed by atoms with van der Waals surface area (Å²) in [7, 11) is 1.68. The van der Waals surface area contributed by atoms with E-state index >= 15 is 0 Å². The third-order valence-corrected chi connectivity index (χ3v) is 3.85. The van der Waals surface area contributed by atoms with Crippen molar-refractivity contribution >= 4 is 0 Å². The van der Waals surface area contributed by atoms with Crippen LogP contribution in [-0.4, -0.2) is 19.3 Å². The van der Waals surface area contributed by atoms with Gasteiger partial charge in [0.1, 0.15) is 0 Å². The summed E-state index contributed by atoms with van der Waals surface area (Å²) in [5.41, 5.74) is 0. The zero-order valence-corrected chi connectivity index (χ0v) is 8.37. The van der Waals surface area contributed by atoms with Gasteiger partial charge in [0, 0.05) is 13.2 Å². The summed E-state index contributed by atoms with van der Waals surface area (Å²) in [6.07, 6.45) is 6.76. The zero-order valence-electron chi connectivity index (χ0n) is 8.37. The Labute approximate surface area is 80.3 Å². The highest BCUT2D eigenvalue weighted by molar-refractivity contribution is 4.87. The molecule has 0 spiro atoms. The molecule has 0 aromatic carbocycles. The third-order valence-electron chi connectivity index (χ3n) is 3.85. The molecule has 0 amide bonds. The van der Waals surface area contributed by atoms with E-state index in [0.29, 0.717) is 0 Å². The van der Waals surface area contributed by atoms with Crippen molar-refractivity contribution in [3.8, 4) is 0 Å². The molecule has 2 fully saturated rings. The van der Waals surface area contributed by atoms with Crippen molar-refractivity contribution in [2.24, 2.45) is 11.8 Å². The van der Waals surface area contributed by atoms with E-state index in [-0.39, 0.29) is 6.10 Å². The van der Waals surface area contributed by atoms with Gasteiger partial charge < -0.3 is 9.84 Å². The lowest BCUT2D eigenvalue weighted by molar-refractivity contribution is -0.449. The molecular formula is C11H19O2-. The second-order valence-corrected chi connectivity index (χ2v) is 4.59. The molecule has 2 aliphatic carbocycles. The molecule has 76 valence electrons. The summed E-state index contributed by atoms with van der Waals surface area (Å²) in [5.74, 6) is 1.52. The molecule has 0 aliphatic heterocycles. The lowest BCUT2D eigenvalue weighted by Gasteiger charge is -2.46. The van der Waals surface area contributed by atoms with Crippen LogP contribution in [0.4, 0.5) is 0 Å². The van der Waals surface area contributed by atoms with Crippen molar-refractivity contribution in [2.75, 3.05) is 7.11 Å². The van der Waals surface area contributed by atoms with Crippen molar-refractivity contribution in [1.82, 2.24) is 0 Å². The summed E-state index contributed by atoms with van der Waals surface area (Å²) >= 11 is 0. The van der Waals surface area contributed by atoms with Gasteiger partial charge in [-0.2, -0.15) is 0 Å². The van der Waals surface area contributed by atoms with Gasteiger partial charge in [0.15, 0.2) is 0 Å². The minimum absolute atomic E-state index is 0.000602. The van der Waals surface area contributed by atoms with Gasteiger partial charge in [-0.15, -0.1) is 0 Å². The number of fused-ring (bicyclic) bond motifs is 1. The van der Waals surface area contributed by atoms with Crippen LogP contribution in [0.3, 0.4) is 0 Å². The van der Waals surface area contributed by atoms with Crippen molar-refractivity contribution < 1.29 is 9.84 Å². The lowest BCUT2D eigenvalue weighted by Crippen LogP contribution is -2.48. The van der Waals surface area contributed by atoms with Gasteiger partial charge in [-0.1, -0.05) is 38.2 Å². The third kappa shape index (κ3) is 1.89. The molecule has 2 aliphatic rings. The van der Waals surface area contributed by atoms with Crippen LogP contribution < -0.4 is 5.11 Å². The van der Waals surface area contributed by atoms with Gasteiger partial charge in [-0.3, -0.25) is 0 Å². The number of ether oxygens (including phenoxy) is 1. The standard InChI is InChI=1S/C11H19O2/c1-13-11-7-9-5-3-2-4-8(9)6-10(11)12/h8-11H,2-7H2,1H3/q-1. The fourth-order valence-electron chi connectivity index (χ4n) is 3.05. The van der Waals surface area contributed by atoms with E-state index in [2.05, 4.69) is 0 Å². The van der Waals surface area contributed by atoms with Gasteiger partial charge in [-0.25, -0.2) is 0 Å². The fourth-order valence-corrected chi connectivity index (χ4v) is 3.05. The molecule has 0 radical (unpaired) electrons. The first kappa shape index (κ1) is 9.47. The molecule has 4 atom stereocenters. The summed E-state index contributed by atoms with van der Waals surface area (Å²) in [4.78, 5) is 0.